The van der Waals surface area contributed by atoms with Crippen LogP contribution in [0, 0.1) is 0 Å². The molecule has 15 heteroatoms. The minimum Gasteiger partial charge on any atom is -0.462 e. The van der Waals surface area contributed by atoms with Crippen molar-refractivity contribution in [2.45, 2.75) is 356 Å². The minimum atomic E-state index is -0.257. The average Bonchev–Trinajstić information content (AvgIpc) is 4.17. The summed E-state index contributed by atoms with van der Waals surface area (Å²) in [6, 6.07) is 9.92. The Balaban J connectivity index is -0.000000288. The van der Waals surface area contributed by atoms with E-state index in [0.29, 0.717) is 52.2 Å². The zero-order valence-electron chi connectivity index (χ0n) is 57.5. The number of aldehydes is 1. The Kier molecular flexibility index (Phi) is 95.1. The molecule has 2 rings (SSSR count). The Labute approximate surface area is 594 Å². The van der Waals surface area contributed by atoms with Gasteiger partial charge in [-0.25, -0.2) is 0 Å². The molecule has 13 nitrogen and oxygen atoms in total. The second-order valence-electron chi connectivity index (χ2n) is 24.0. The molecule has 6 N–H and O–H groups in total. The molecule has 0 aliphatic carbocycles. The van der Waals surface area contributed by atoms with E-state index in [-0.39, 0.29) is 122 Å². The van der Waals surface area contributed by atoms with Crippen molar-refractivity contribution in [1.29, 1.82) is 0 Å². The molecule has 0 aromatic heterocycles. The number of esters is 2. The number of hydrogen-bond acceptors (Lipinski definition) is 13. The Hall–Kier alpha value is -0.282. The maximum Gasteiger partial charge on any atom is 0.306 e. The van der Waals surface area contributed by atoms with Gasteiger partial charge in [0.1, 0.15) is 18.5 Å². The fourth-order valence-corrected chi connectivity index (χ4v) is 10.2. The van der Waals surface area contributed by atoms with Crippen molar-refractivity contribution in [2.24, 2.45) is 0 Å². The van der Waals surface area contributed by atoms with E-state index in [2.05, 4.69) is 37.9 Å². The largest absolute Gasteiger partial charge is 0.462 e. The van der Waals surface area contributed by atoms with E-state index in [0.717, 1.165) is 122 Å². The molecule has 4 unspecified atom stereocenters. The van der Waals surface area contributed by atoms with Crippen LogP contribution in [0.15, 0.2) is 30.3 Å². The van der Waals surface area contributed by atoms with Gasteiger partial charge in [0.2, 0.25) is 0 Å². The van der Waals surface area contributed by atoms with E-state index in [1.807, 2.05) is 30.3 Å². The zero-order valence-corrected chi connectivity index (χ0v) is 63.2. The van der Waals surface area contributed by atoms with Crippen molar-refractivity contribution < 1.29 is 120 Å². The first-order chi connectivity index (χ1) is 41.6. The molecule has 1 saturated heterocycles. The van der Waals surface area contributed by atoms with Gasteiger partial charge in [-0.2, -0.15) is 0 Å². The quantitative estimate of drug-likeness (QED) is 0.0205. The fraction of sp³-hybridized carbons (Fsp3) is 0.877. The summed E-state index contributed by atoms with van der Waals surface area (Å²) in [6.07, 6.45) is 50.3. The number of aliphatic hydroxyl groups is 5. The number of benzene rings is 1. The van der Waals surface area contributed by atoms with Crippen LogP contribution < -0.4 is 5.32 Å². The first-order valence-corrected chi connectivity index (χ1v) is 35.5. The van der Waals surface area contributed by atoms with E-state index >= 15 is 0 Å². The third-order valence-corrected chi connectivity index (χ3v) is 15.4. The van der Waals surface area contributed by atoms with Crippen LogP contribution in [0.1, 0.15) is 330 Å². The summed E-state index contributed by atoms with van der Waals surface area (Å²) in [4.78, 5) is 38.4. The van der Waals surface area contributed by atoms with Gasteiger partial charge in [-0.05, 0) is 115 Å². The molecule has 1 aliphatic rings. The van der Waals surface area contributed by atoms with Crippen molar-refractivity contribution >= 4 is 18.2 Å². The summed E-state index contributed by atoms with van der Waals surface area (Å²) in [5.41, 5.74) is 1.22. The van der Waals surface area contributed by atoms with Gasteiger partial charge in [0, 0.05) is 131 Å². The molecule has 1 fully saturated rings. The van der Waals surface area contributed by atoms with Crippen molar-refractivity contribution in [3.8, 4) is 0 Å². The van der Waals surface area contributed by atoms with Gasteiger partial charge in [0.15, 0.2) is 0 Å². The number of aliphatic hydroxyl groups excluding tert-OH is 5. The van der Waals surface area contributed by atoms with Crippen molar-refractivity contribution in [2.75, 3.05) is 59.7 Å². The maximum atomic E-state index is 12.5. The fourth-order valence-electron chi connectivity index (χ4n) is 10.2. The van der Waals surface area contributed by atoms with Crippen molar-refractivity contribution in [1.82, 2.24) is 10.2 Å². The molecule has 0 amide bonds. The molecule has 88 heavy (non-hydrogen) atoms. The Morgan fingerprint density at radius 3 is 1.32 bits per heavy atom. The summed E-state index contributed by atoms with van der Waals surface area (Å²) in [5, 5.41) is 46.4. The van der Waals surface area contributed by atoms with Gasteiger partial charge in [0.25, 0.3) is 0 Å². The van der Waals surface area contributed by atoms with Gasteiger partial charge < -0.3 is 49.9 Å². The number of unbranched alkanes of at least 4 members (excludes halogenated alkanes) is 32. The molecule has 0 bridgehead atoms. The van der Waals surface area contributed by atoms with Gasteiger partial charge in [-0.15, -0.1) is 0 Å². The van der Waals surface area contributed by atoms with Crippen LogP contribution in [0.2, 0.25) is 0 Å². The SMILES string of the molecule is C.CC(O)CNCCCCCO.CCCCCCCCC(CCCCCCC)OC(=O)CCCCCCC(=O)OC1CC(C=O)N(CCCCCO)C1.CCCCCCCCCCCO.CCCCCCCCCCCO.COCc1ccccc1.[Y].[Y]. The summed E-state index contributed by atoms with van der Waals surface area (Å²) in [5.74, 6) is -0.265. The molecule has 1 aliphatic heterocycles. The van der Waals surface area contributed by atoms with E-state index in [1.165, 1.54) is 166 Å². The van der Waals surface area contributed by atoms with Gasteiger partial charge in [0.05, 0.1) is 18.8 Å². The molecular formula is C73H144N2O11Y2. The van der Waals surface area contributed by atoms with Crippen LogP contribution in [0.25, 0.3) is 0 Å². The monoisotopic (exact) mass is 1400 g/mol. The Bertz CT molecular complexity index is 1420. The van der Waals surface area contributed by atoms with Gasteiger partial charge in [-0.1, -0.05) is 239 Å². The molecule has 1 heterocycles. The number of likely N-dealkylation sites (tertiary alicyclic amines) is 1. The topological polar surface area (TPSA) is 195 Å². The second-order valence-corrected chi connectivity index (χ2v) is 24.0. The summed E-state index contributed by atoms with van der Waals surface area (Å²) >= 11 is 0. The first-order valence-electron chi connectivity index (χ1n) is 35.5. The van der Waals surface area contributed by atoms with Crippen LogP contribution in [0.3, 0.4) is 0 Å². The number of hydrogen-bond donors (Lipinski definition) is 6. The number of nitrogens with zero attached hydrogens (tertiary/aromatic N) is 1. The van der Waals surface area contributed by atoms with E-state index in [1.54, 1.807) is 14.0 Å². The number of carbonyl (C=O) groups excluding carboxylic acids is 3. The third-order valence-electron chi connectivity index (χ3n) is 15.4. The van der Waals surface area contributed by atoms with Crippen molar-refractivity contribution in [3.05, 3.63) is 35.9 Å². The number of carbonyl (C=O) groups is 3. The van der Waals surface area contributed by atoms with Gasteiger partial charge >= 0.3 is 11.9 Å². The molecule has 518 valence electrons. The van der Waals surface area contributed by atoms with E-state index < -0.39 is 0 Å². The number of ether oxygens (including phenoxy) is 3. The number of methoxy groups -OCH3 is 1. The third kappa shape index (κ3) is 78.2. The number of rotatable bonds is 55. The average molecular weight is 1400 g/mol. The Morgan fingerprint density at radius 1 is 0.545 bits per heavy atom. The smallest absolute Gasteiger partial charge is 0.306 e. The van der Waals surface area contributed by atoms with Crippen LogP contribution in [-0.4, -0.2) is 133 Å². The normalized spacial score (nSPS) is 13.9. The molecule has 4 atom stereocenters. The molecular weight excluding hydrogens is 1260 g/mol. The minimum absolute atomic E-state index is 0. The first kappa shape index (κ1) is 98.8. The zero-order chi connectivity index (χ0) is 63.2. The molecule has 1 aromatic carbocycles. The van der Waals surface area contributed by atoms with E-state index in [4.69, 9.17) is 39.7 Å². The molecule has 2 radical (unpaired) electrons. The summed E-state index contributed by atoms with van der Waals surface area (Å²) < 4.78 is 16.5. The van der Waals surface area contributed by atoms with Gasteiger partial charge in [-0.3, -0.25) is 14.5 Å². The molecule has 1 aromatic rings. The van der Waals surface area contributed by atoms with Crippen LogP contribution in [-0.2, 0) is 101 Å². The summed E-state index contributed by atoms with van der Waals surface area (Å²) in [6.45, 7) is 15.7. The Morgan fingerprint density at radius 2 is 0.920 bits per heavy atom. The second kappa shape index (κ2) is 84.7. The maximum absolute atomic E-state index is 12.5. The predicted molar refractivity (Wildman–Crippen MR) is 364 cm³/mol. The van der Waals surface area contributed by atoms with Crippen LogP contribution in [0.4, 0.5) is 0 Å². The van der Waals surface area contributed by atoms with E-state index in [9.17, 15) is 14.4 Å². The molecule has 0 saturated carbocycles. The standard InChI is InChI=1S/C34H63NO6.2C11H24O.C8H19NO2.C8H10O.CH4.2Y/c1-3-5-7-9-11-16-22-31(21-15-10-8-6-4-2)40-33(38)23-17-12-13-18-24-34(39)41-32-27-30(29-37)35(28-32)25-19-14-20-26-36;2*1-2-3-4-5-6-7-8-9-10-11-12;1-8(11)7-9-5-3-2-4-6-10;1-9-7-8-5-3-2-4-6-8;;;/h29-32,36H,3-28H2,1-2H3;2*12H,2-11H2,1H3;8-11H,2-7H2,1H3;2-6H,7H2,1H3;1H4;;. The summed E-state index contributed by atoms with van der Waals surface area (Å²) in [7, 11) is 1.70. The predicted octanol–water partition coefficient (Wildman–Crippen LogP) is 17.3. The van der Waals surface area contributed by atoms with Crippen LogP contribution >= 0.6 is 0 Å². The van der Waals surface area contributed by atoms with Crippen LogP contribution in [0.5, 0.6) is 0 Å². The number of nitrogens with one attached hydrogen (secondary N) is 1. The molecule has 0 spiro atoms. The van der Waals surface area contributed by atoms with Crippen molar-refractivity contribution in [3.63, 3.8) is 0 Å².